The molecule has 31 heavy (non-hydrogen) atoms. The highest BCUT2D eigenvalue weighted by atomic mass is 32.2. The van der Waals surface area contributed by atoms with Gasteiger partial charge in [0.05, 0.1) is 0 Å². The van der Waals surface area contributed by atoms with E-state index in [1.807, 2.05) is 0 Å². The molecular formula is C21H36FN5O3S. The molecule has 2 rings (SSSR count). The van der Waals surface area contributed by atoms with Gasteiger partial charge in [-0.15, -0.1) is 0 Å². The van der Waals surface area contributed by atoms with E-state index < -0.39 is 28.0 Å². The third-order valence-electron chi connectivity index (χ3n) is 5.87. The Kier molecular flexibility index (Phi) is 8.79. The topological polar surface area (TPSA) is 109 Å². The summed E-state index contributed by atoms with van der Waals surface area (Å²) in [5.74, 6) is -0.898. The second kappa shape index (κ2) is 10.7. The molecule has 1 atom stereocenters. The van der Waals surface area contributed by atoms with E-state index in [0.29, 0.717) is 30.0 Å². The summed E-state index contributed by atoms with van der Waals surface area (Å²) in [6.07, 6.45) is 0.166. The Morgan fingerprint density at radius 2 is 1.87 bits per heavy atom. The normalized spacial score (nSPS) is 17.5. The number of sulfonamides is 1. The fourth-order valence-corrected chi connectivity index (χ4v) is 5.74. The number of rotatable bonds is 10. The summed E-state index contributed by atoms with van der Waals surface area (Å²) in [4.78, 5) is 17.9. The molecule has 1 amide bonds. The van der Waals surface area contributed by atoms with Crippen LogP contribution in [0.15, 0.2) is 17.2 Å². The Morgan fingerprint density at radius 3 is 2.35 bits per heavy atom. The number of aryl methyl sites for hydroxylation is 1. The summed E-state index contributed by atoms with van der Waals surface area (Å²) in [5.41, 5.74) is 5.63. The number of alkyl halides is 1. The SMILES string of the molecule is Cc1cc(NCCN(C(C)C)C(C)C)ncc1S(=O)(=O)N1CCC(C(F)C(N)=O)CC1. The van der Waals surface area contributed by atoms with Crippen molar-refractivity contribution in [2.45, 2.75) is 70.6 Å². The van der Waals surface area contributed by atoms with E-state index in [9.17, 15) is 17.6 Å². The van der Waals surface area contributed by atoms with E-state index in [1.165, 1.54) is 10.5 Å². The van der Waals surface area contributed by atoms with E-state index in [1.54, 1.807) is 13.0 Å². The molecule has 0 aliphatic carbocycles. The zero-order valence-corrected chi connectivity index (χ0v) is 20.0. The molecule has 3 N–H and O–H groups in total. The number of aromatic nitrogens is 1. The number of primary amides is 1. The predicted molar refractivity (Wildman–Crippen MR) is 120 cm³/mol. The molecule has 0 radical (unpaired) electrons. The summed E-state index contributed by atoms with van der Waals surface area (Å²) < 4.78 is 41.3. The van der Waals surface area contributed by atoms with Gasteiger partial charge in [-0.05, 0) is 59.1 Å². The lowest BCUT2D eigenvalue weighted by Crippen LogP contribution is -2.43. The van der Waals surface area contributed by atoms with Crippen LogP contribution in [0.25, 0.3) is 0 Å². The number of hydrogen-bond acceptors (Lipinski definition) is 6. The lowest BCUT2D eigenvalue weighted by molar-refractivity contribution is -0.125. The molecule has 1 aliphatic rings. The molecule has 1 aliphatic heterocycles. The lowest BCUT2D eigenvalue weighted by Gasteiger charge is -2.32. The smallest absolute Gasteiger partial charge is 0.252 e. The Morgan fingerprint density at radius 1 is 1.29 bits per heavy atom. The number of anilines is 1. The molecule has 10 heteroatoms. The number of hydrogen-bond donors (Lipinski definition) is 2. The molecule has 1 aromatic heterocycles. The van der Waals surface area contributed by atoms with Gasteiger partial charge in [-0.25, -0.2) is 17.8 Å². The van der Waals surface area contributed by atoms with Crippen LogP contribution >= 0.6 is 0 Å². The first-order valence-electron chi connectivity index (χ1n) is 10.8. The zero-order valence-electron chi connectivity index (χ0n) is 19.1. The minimum Gasteiger partial charge on any atom is -0.369 e. The van der Waals surface area contributed by atoms with Crippen LogP contribution in [0.5, 0.6) is 0 Å². The lowest BCUT2D eigenvalue weighted by atomic mass is 9.93. The van der Waals surface area contributed by atoms with Crippen molar-refractivity contribution in [3.05, 3.63) is 17.8 Å². The number of carbonyl (C=O) groups excluding carboxylic acids is 1. The van der Waals surface area contributed by atoms with Crippen molar-refractivity contribution >= 4 is 21.7 Å². The van der Waals surface area contributed by atoms with Gasteiger partial charge in [0.1, 0.15) is 10.7 Å². The van der Waals surface area contributed by atoms with Gasteiger partial charge in [-0.1, -0.05) is 0 Å². The van der Waals surface area contributed by atoms with Gasteiger partial charge in [0.2, 0.25) is 10.0 Å². The summed E-state index contributed by atoms with van der Waals surface area (Å²) in [7, 11) is -3.74. The predicted octanol–water partition coefficient (Wildman–Crippen LogP) is 2.14. The maximum Gasteiger partial charge on any atom is 0.252 e. The molecule has 1 saturated heterocycles. The molecule has 0 bridgehead atoms. The van der Waals surface area contributed by atoms with Crippen LogP contribution in [0, 0.1) is 12.8 Å². The highest BCUT2D eigenvalue weighted by Crippen LogP contribution is 2.28. The third kappa shape index (κ3) is 6.36. The van der Waals surface area contributed by atoms with Crippen LogP contribution < -0.4 is 11.1 Å². The van der Waals surface area contributed by atoms with Gasteiger partial charge < -0.3 is 11.1 Å². The van der Waals surface area contributed by atoms with Gasteiger partial charge in [-0.2, -0.15) is 4.31 Å². The molecule has 8 nitrogen and oxygen atoms in total. The van der Waals surface area contributed by atoms with Crippen molar-refractivity contribution in [1.82, 2.24) is 14.2 Å². The Hall–Kier alpha value is -1.78. The molecule has 1 fully saturated rings. The second-order valence-corrected chi connectivity index (χ2v) is 10.6. The monoisotopic (exact) mass is 457 g/mol. The number of halogens is 1. The number of nitrogens with zero attached hydrogens (tertiary/aromatic N) is 3. The fourth-order valence-electron chi connectivity index (χ4n) is 4.12. The standard InChI is InChI=1S/C21H36FN5O3S/c1-14(2)27(15(3)4)11-8-24-19-12-16(5)18(13-25-19)31(29,30)26-9-6-17(7-10-26)20(22)21(23)28/h12-15,17,20H,6-11H2,1-5H3,(H2,23,28)(H,24,25). The van der Waals surface area contributed by atoms with Crippen LogP contribution in [0.1, 0.15) is 46.1 Å². The van der Waals surface area contributed by atoms with E-state index >= 15 is 0 Å². The first-order chi connectivity index (χ1) is 14.4. The van der Waals surface area contributed by atoms with Crippen LogP contribution in [0.4, 0.5) is 10.2 Å². The first-order valence-corrected chi connectivity index (χ1v) is 12.3. The molecular weight excluding hydrogens is 421 g/mol. The average Bonchev–Trinajstić information content (AvgIpc) is 2.69. The average molecular weight is 458 g/mol. The summed E-state index contributed by atoms with van der Waals surface area (Å²) in [6.45, 7) is 12.2. The Bertz CT molecular complexity index is 847. The van der Waals surface area contributed by atoms with Gasteiger partial charge in [0.15, 0.2) is 6.17 Å². The third-order valence-corrected chi connectivity index (χ3v) is 7.90. The Labute approximate surface area is 185 Å². The Balaban J connectivity index is 2.01. The molecule has 1 aromatic rings. The number of amides is 1. The maximum absolute atomic E-state index is 13.8. The minimum atomic E-state index is -3.74. The molecule has 176 valence electrons. The van der Waals surface area contributed by atoms with Gasteiger partial charge in [-0.3, -0.25) is 9.69 Å². The van der Waals surface area contributed by atoms with Crippen molar-refractivity contribution in [1.29, 1.82) is 0 Å². The minimum absolute atomic E-state index is 0.147. The van der Waals surface area contributed by atoms with Crippen LogP contribution in [-0.4, -0.2) is 72.9 Å². The van der Waals surface area contributed by atoms with Crippen molar-refractivity contribution in [3.8, 4) is 0 Å². The van der Waals surface area contributed by atoms with Crippen molar-refractivity contribution in [3.63, 3.8) is 0 Å². The number of nitrogens with one attached hydrogen (secondary N) is 1. The van der Waals surface area contributed by atoms with E-state index in [0.717, 1.165) is 6.54 Å². The summed E-state index contributed by atoms with van der Waals surface area (Å²) in [5, 5.41) is 3.27. The van der Waals surface area contributed by atoms with Crippen LogP contribution in [-0.2, 0) is 14.8 Å². The fraction of sp³-hybridized carbons (Fsp3) is 0.714. The number of nitrogens with two attached hydrogens (primary N) is 1. The zero-order chi connectivity index (χ0) is 23.3. The second-order valence-electron chi connectivity index (χ2n) is 8.73. The largest absolute Gasteiger partial charge is 0.369 e. The summed E-state index contributed by atoms with van der Waals surface area (Å²) >= 11 is 0. The highest BCUT2D eigenvalue weighted by Gasteiger charge is 2.35. The molecule has 0 spiro atoms. The van der Waals surface area contributed by atoms with E-state index in [4.69, 9.17) is 5.73 Å². The van der Waals surface area contributed by atoms with Crippen molar-refractivity contribution in [2.75, 3.05) is 31.5 Å². The highest BCUT2D eigenvalue weighted by molar-refractivity contribution is 7.89. The molecule has 2 heterocycles. The number of piperidine rings is 1. The molecule has 1 unspecified atom stereocenters. The maximum atomic E-state index is 13.8. The number of carbonyl (C=O) groups is 1. The molecule has 0 aromatic carbocycles. The van der Waals surface area contributed by atoms with Crippen molar-refractivity contribution < 1.29 is 17.6 Å². The van der Waals surface area contributed by atoms with Gasteiger partial charge in [0.25, 0.3) is 5.91 Å². The quantitative estimate of drug-likeness (QED) is 0.557. The van der Waals surface area contributed by atoms with Gasteiger partial charge >= 0.3 is 0 Å². The van der Waals surface area contributed by atoms with Gasteiger partial charge in [0, 0.05) is 50.4 Å². The first kappa shape index (κ1) is 25.5. The number of pyridine rings is 1. The van der Waals surface area contributed by atoms with E-state index in [2.05, 4.69) is 42.9 Å². The summed E-state index contributed by atoms with van der Waals surface area (Å²) in [6, 6.07) is 2.60. The van der Waals surface area contributed by atoms with Crippen LogP contribution in [0.2, 0.25) is 0 Å². The van der Waals surface area contributed by atoms with Crippen LogP contribution in [0.3, 0.4) is 0 Å². The van der Waals surface area contributed by atoms with E-state index in [-0.39, 0.29) is 30.8 Å². The molecule has 0 saturated carbocycles. The van der Waals surface area contributed by atoms with Crippen molar-refractivity contribution in [2.24, 2.45) is 11.7 Å².